The van der Waals surface area contributed by atoms with E-state index in [0.29, 0.717) is 6.54 Å². The summed E-state index contributed by atoms with van der Waals surface area (Å²) in [6, 6.07) is 0. The third-order valence-electron chi connectivity index (χ3n) is 2.56. The summed E-state index contributed by atoms with van der Waals surface area (Å²) in [6.07, 6.45) is -0.757. The number of carbonyl (C=O) groups excluding carboxylic acids is 1. The van der Waals surface area contributed by atoms with E-state index in [4.69, 9.17) is 16.2 Å². The summed E-state index contributed by atoms with van der Waals surface area (Å²) in [4.78, 5) is 10.7. The molecule has 0 aromatic heterocycles. The third-order valence-corrected chi connectivity index (χ3v) is 2.56. The van der Waals surface area contributed by atoms with Gasteiger partial charge in [-0.25, -0.2) is 4.79 Å². The van der Waals surface area contributed by atoms with Crippen LogP contribution in [-0.2, 0) is 4.74 Å². The van der Waals surface area contributed by atoms with E-state index >= 15 is 0 Å². The van der Waals surface area contributed by atoms with Crippen LogP contribution in [0.1, 0.15) is 27.7 Å². The molecule has 0 saturated heterocycles. The highest BCUT2D eigenvalue weighted by Gasteiger charge is 2.39. The molecular weight excluding hydrogens is 168 g/mol. The van der Waals surface area contributed by atoms with E-state index in [1.165, 1.54) is 0 Å². The first-order chi connectivity index (χ1) is 5.86. The van der Waals surface area contributed by atoms with Gasteiger partial charge in [-0.2, -0.15) is 0 Å². The van der Waals surface area contributed by atoms with Crippen LogP contribution in [0.4, 0.5) is 4.79 Å². The molecule has 0 radical (unpaired) electrons. The van der Waals surface area contributed by atoms with Crippen LogP contribution in [0.5, 0.6) is 0 Å². The van der Waals surface area contributed by atoms with Gasteiger partial charge >= 0.3 is 6.09 Å². The van der Waals surface area contributed by atoms with Crippen molar-refractivity contribution in [1.29, 1.82) is 0 Å². The molecule has 0 unspecified atom stereocenters. The van der Waals surface area contributed by atoms with Gasteiger partial charge in [-0.05, 0) is 11.8 Å². The molecule has 0 atom stereocenters. The number of rotatable bonds is 4. The summed E-state index contributed by atoms with van der Waals surface area (Å²) in [5, 5.41) is 0. The SMILES string of the molecule is CC(C)C(CN)(OC(N)=O)C(C)C. The molecule has 0 aliphatic rings. The first kappa shape index (κ1) is 12.2. The van der Waals surface area contributed by atoms with Crippen molar-refractivity contribution in [3.05, 3.63) is 0 Å². The van der Waals surface area contributed by atoms with E-state index in [-0.39, 0.29) is 11.8 Å². The Hall–Kier alpha value is -0.770. The Morgan fingerprint density at radius 2 is 1.69 bits per heavy atom. The summed E-state index contributed by atoms with van der Waals surface area (Å²) in [5.41, 5.74) is 10.0. The fourth-order valence-electron chi connectivity index (χ4n) is 1.60. The summed E-state index contributed by atoms with van der Waals surface area (Å²) in [7, 11) is 0. The van der Waals surface area contributed by atoms with Crippen LogP contribution in [-0.4, -0.2) is 18.2 Å². The van der Waals surface area contributed by atoms with Gasteiger partial charge in [0.2, 0.25) is 0 Å². The predicted molar refractivity (Wildman–Crippen MR) is 52.1 cm³/mol. The maximum absolute atomic E-state index is 10.7. The smallest absolute Gasteiger partial charge is 0.405 e. The van der Waals surface area contributed by atoms with Crippen LogP contribution in [0.2, 0.25) is 0 Å². The largest absolute Gasteiger partial charge is 0.441 e. The minimum atomic E-state index is -0.757. The molecule has 0 aliphatic carbocycles. The standard InChI is InChI=1S/C9H20N2O2/c1-6(2)9(5-10,7(3)4)13-8(11)12/h6-7H,5,10H2,1-4H3,(H2,11,12). The Morgan fingerprint density at radius 1 is 1.31 bits per heavy atom. The Kier molecular flexibility index (Phi) is 4.20. The Morgan fingerprint density at radius 3 is 1.77 bits per heavy atom. The molecule has 0 fully saturated rings. The second kappa shape index (κ2) is 4.46. The van der Waals surface area contributed by atoms with Crippen molar-refractivity contribution < 1.29 is 9.53 Å². The average molecular weight is 188 g/mol. The Balaban J connectivity index is 4.75. The van der Waals surface area contributed by atoms with Crippen LogP contribution < -0.4 is 11.5 Å². The quantitative estimate of drug-likeness (QED) is 0.693. The number of ether oxygens (including phenoxy) is 1. The maximum atomic E-state index is 10.7. The zero-order valence-electron chi connectivity index (χ0n) is 8.83. The molecule has 0 saturated carbocycles. The van der Waals surface area contributed by atoms with Gasteiger partial charge in [-0.1, -0.05) is 27.7 Å². The van der Waals surface area contributed by atoms with Gasteiger partial charge in [0.15, 0.2) is 0 Å². The Labute approximate surface area is 79.6 Å². The molecule has 0 rings (SSSR count). The van der Waals surface area contributed by atoms with Crippen molar-refractivity contribution in [3.8, 4) is 0 Å². The molecule has 4 heteroatoms. The van der Waals surface area contributed by atoms with Crippen LogP contribution >= 0.6 is 0 Å². The highest BCUT2D eigenvalue weighted by molar-refractivity contribution is 5.65. The van der Waals surface area contributed by atoms with Crippen molar-refractivity contribution in [2.75, 3.05) is 6.54 Å². The summed E-state index contributed by atoms with van der Waals surface area (Å²) in [6.45, 7) is 8.17. The molecule has 0 bridgehead atoms. The van der Waals surface area contributed by atoms with Crippen molar-refractivity contribution in [2.45, 2.75) is 33.3 Å². The van der Waals surface area contributed by atoms with Gasteiger partial charge in [0.1, 0.15) is 5.60 Å². The number of hydrogen-bond donors (Lipinski definition) is 2. The first-order valence-electron chi connectivity index (χ1n) is 4.55. The van der Waals surface area contributed by atoms with Gasteiger partial charge in [-0.15, -0.1) is 0 Å². The fraction of sp³-hybridized carbons (Fsp3) is 0.889. The van der Waals surface area contributed by atoms with Gasteiger partial charge in [-0.3, -0.25) is 0 Å². The summed E-state index contributed by atoms with van der Waals surface area (Å²) >= 11 is 0. The molecule has 1 amide bonds. The number of hydrogen-bond acceptors (Lipinski definition) is 3. The number of carbonyl (C=O) groups is 1. The molecule has 0 aromatic rings. The van der Waals surface area contributed by atoms with E-state index in [1.807, 2.05) is 27.7 Å². The third kappa shape index (κ3) is 2.59. The van der Waals surface area contributed by atoms with Gasteiger partial charge < -0.3 is 16.2 Å². The van der Waals surface area contributed by atoms with E-state index in [2.05, 4.69) is 0 Å². The molecule has 0 heterocycles. The minimum Gasteiger partial charge on any atom is -0.441 e. The van der Waals surface area contributed by atoms with Crippen LogP contribution in [0, 0.1) is 11.8 Å². The molecule has 0 aromatic carbocycles. The van der Waals surface area contributed by atoms with E-state index < -0.39 is 11.7 Å². The molecule has 78 valence electrons. The van der Waals surface area contributed by atoms with Gasteiger partial charge in [0.05, 0.1) is 0 Å². The highest BCUT2D eigenvalue weighted by Crippen LogP contribution is 2.29. The Bertz CT molecular complexity index is 170. The molecule has 0 aliphatic heterocycles. The molecule has 13 heavy (non-hydrogen) atoms. The number of nitrogens with two attached hydrogens (primary N) is 2. The predicted octanol–water partition coefficient (Wildman–Crippen LogP) is 1.09. The van der Waals surface area contributed by atoms with Crippen molar-refractivity contribution in [1.82, 2.24) is 0 Å². The summed E-state index contributed by atoms with van der Waals surface area (Å²) in [5.74, 6) is 0.315. The molecule has 4 N–H and O–H groups in total. The molecule has 4 nitrogen and oxygen atoms in total. The zero-order valence-corrected chi connectivity index (χ0v) is 8.83. The fourth-order valence-corrected chi connectivity index (χ4v) is 1.60. The van der Waals surface area contributed by atoms with Crippen molar-refractivity contribution >= 4 is 6.09 Å². The average Bonchev–Trinajstić information content (AvgIpc) is 1.98. The van der Waals surface area contributed by atoms with Crippen LogP contribution in [0.15, 0.2) is 0 Å². The van der Waals surface area contributed by atoms with E-state index in [9.17, 15) is 4.79 Å². The number of amides is 1. The van der Waals surface area contributed by atoms with Crippen LogP contribution in [0.3, 0.4) is 0 Å². The lowest BCUT2D eigenvalue weighted by Gasteiger charge is -2.38. The topological polar surface area (TPSA) is 78.3 Å². The molecule has 0 spiro atoms. The normalized spacial score (nSPS) is 12.2. The monoisotopic (exact) mass is 188 g/mol. The number of primary amides is 1. The zero-order chi connectivity index (χ0) is 10.6. The van der Waals surface area contributed by atoms with E-state index in [0.717, 1.165) is 0 Å². The highest BCUT2D eigenvalue weighted by atomic mass is 16.6. The maximum Gasteiger partial charge on any atom is 0.405 e. The van der Waals surface area contributed by atoms with Gasteiger partial charge in [0.25, 0.3) is 0 Å². The lowest BCUT2D eigenvalue weighted by Crippen LogP contribution is -2.52. The first-order valence-corrected chi connectivity index (χ1v) is 4.55. The van der Waals surface area contributed by atoms with E-state index in [1.54, 1.807) is 0 Å². The lowest BCUT2D eigenvalue weighted by molar-refractivity contribution is -0.0479. The van der Waals surface area contributed by atoms with Crippen molar-refractivity contribution in [3.63, 3.8) is 0 Å². The lowest BCUT2D eigenvalue weighted by atomic mass is 9.80. The second-order valence-corrected chi connectivity index (χ2v) is 3.89. The summed E-state index contributed by atoms with van der Waals surface area (Å²) < 4.78 is 5.12. The minimum absolute atomic E-state index is 0.157. The van der Waals surface area contributed by atoms with Gasteiger partial charge in [0, 0.05) is 6.54 Å². The van der Waals surface area contributed by atoms with Crippen LogP contribution in [0.25, 0.3) is 0 Å². The molecular formula is C9H20N2O2. The van der Waals surface area contributed by atoms with Crippen molar-refractivity contribution in [2.24, 2.45) is 23.3 Å². The second-order valence-electron chi connectivity index (χ2n) is 3.89.